The van der Waals surface area contributed by atoms with E-state index in [4.69, 9.17) is 21.7 Å². The third-order valence-corrected chi connectivity index (χ3v) is 1.54. The summed E-state index contributed by atoms with van der Waals surface area (Å²) in [4.78, 5) is 0. The number of hydrogen-bond acceptors (Lipinski definition) is 2. The van der Waals surface area contributed by atoms with Crippen molar-refractivity contribution in [2.24, 2.45) is 0 Å². The molecule has 1 N–H and O–H groups in total. The molecule has 2 nitrogen and oxygen atoms in total. The summed E-state index contributed by atoms with van der Waals surface area (Å²) in [5.41, 5.74) is 0.672. The van der Waals surface area contributed by atoms with Crippen LogP contribution in [-0.2, 0) is 0 Å². The van der Waals surface area contributed by atoms with Gasteiger partial charge < -0.3 is 4.74 Å². The van der Waals surface area contributed by atoms with Crippen molar-refractivity contribution in [2.45, 2.75) is 0 Å². The van der Waals surface area contributed by atoms with Gasteiger partial charge in [-0.15, -0.1) is 0 Å². The molecular formula is C8H8ClNO. The Bertz CT molecular complexity index is 273. The first kappa shape index (κ1) is 8.08. The van der Waals surface area contributed by atoms with Crippen LogP contribution in [0.3, 0.4) is 0 Å². The van der Waals surface area contributed by atoms with Gasteiger partial charge in [0.25, 0.3) is 0 Å². The number of halogens is 1. The molecule has 0 fully saturated rings. The van der Waals surface area contributed by atoms with Crippen LogP contribution in [0.5, 0.6) is 5.75 Å². The molecule has 58 valence electrons. The van der Waals surface area contributed by atoms with Crippen molar-refractivity contribution in [3.8, 4) is 5.75 Å². The highest BCUT2D eigenvalue weighted by molar-refractivity contribution is 6.68. The monoisotopic (exact) mass is 169 g/mol. The average molecular weight is 170 g/mol. The van der Waals surface area contributed by atoms with Crippen molar-refractivity contribution < 1.29 is 4.74 Å². The molecule has 0 spiro atoms. The summed E-state index contributed by atoms with van der Waals surface area (Å²) in [6.07, 6.45) is 0. The zero-order chi connectivity index (χ0) is 8.27. The zero-order valence-corrected chi connectivity index (χ0v) is 6.85. The lowest BCUT2D eigenvalue weighted by atomic mass is 10.2. The fourth-order valence-corrected chi connectivity index (χ4v) is 0.877. The Morgan fingerprint density at radius 3 is 2.82 bits per heavy atom. The molecule has 0 unspecified atom stereocenters. The van der Waals surface area contributed by atoms with Gasteiger partial charge in [0, 0.05) is 5.56 Å². The molecule has 0 amide bonds. The number of benzene rings is 1. The Labute approximate surface area is 70.3 Å². The van der Waals surface area contributed by atoms with Gasteiger partial charge in [-0.2, -0.15) is 0 Å². The minimum absolute atomic E-state index is 0.0314. The van der Waals surface area contributed by atoms with Gasteiger partial charge in [0.2, 0.25) is 0 Å². The molecule has 0 saturated carbocycles. The summed E-state index contributed by atoms with van der Waals surface area (Å²) in [6, 6.07) is 7.08. The maximum Gasteiger partial charge on any atom is 0.128 e. The van der Waals surface area contributed by atoms with Crippen molar-refractivity contribution in [3.05, 3.63) is 29.8 Å². The van der Waals surface area contributed by atoms with Crippen molar-refractivity contribution in [3.63, 3.8) is 0 Å². The highest BCUT2D eigenvalue weighted by Gasteiger charge is 1.97. The van der Waals surface area contributed by atoms with Crippen molar-refractivity contribution in [1.82, 2.24) is 0 Å². The Kier molecular flexibility index (Phi) is 2.49. The molecule has 1 rings (SSSR count). The molecular weight excluding hydrogens is 162 g/mol. The van der Waals surface area contributed by atoms with Gasteiger partial charge in [-0.1, -0.05) is 23.7 Å². The molecule has 0 aliphatic heterocycles. The lowest BCUT2D eigenvalue weighted by Gasteiger charge is -2.00. The number of methoxy groups -OCH3 is 1. The minimum Gasteiger partial charge on any atom is -0.497 e. The van der Waals surface area contributed by atoms with E-state index in [1.54, 1.807) is 25.3 Å². The molecule has 1 aromatic rings. The molecule has 3 heteroatoms. The third kappa shape index (κ3) is 1.95. The second kappa shape index (κ2) is 3.39. The van der Waals surface area contributed by atoms with Gasteiger partial charge in [0.05, 0.1) is 7.11 Å². The summed E-state index contributed by atoms with van der Waals surface area (Å²) in [7, 11) is 1.58. The van der Waals surface area contributed by atoms with Crippen LogP contribution < -0.4 is 4.74 Å². The van der Waals surface area contributed by atoms with E-state index in [9.17, 15) is 0 Å². The maximum absolute atomic E-state index is 7.12. The summed E-state index contributed by atoms with van der Waals surface area (Å²) >= 11 is 5.46. The highest BCUT2D eigenvalue weighted by Crippen LogP contribution is 2.13. The molecule has 0 atom stereocenters. The molecule has 0 heterocycles. The Balaban J connectivity index is 3.01. The normalized spacial score (nSPS) is 9.27. The van der Waals surface area contributed by atoms with Crippen molar-refractivity contribution in [2.75, 3.05) is 7.11 Å². The Morgan fingerprint density at radius 1 is 1.55 bits per heavy atom. The van der Waals surface area contributed by atoms with Gasteiger partial charge in [-0.25, -0.2) is 0 Å². The van der Waals surface area contributed by atoms with Crippen LogP contribution in [0.1, 0.15) is 5.56 Å². The summed E-state index contributed by atoms with van der Waals surface area (Å²) in [5.74, 6) is 0.716. The molecule has 11 heavy (non-hydrogen) atoms. The second-order valence-electron chi connectivity index (χ2n) is 2.05. The van der Waals surface area contributed by atoms with Gasteiger partial charge >= 0.3 is 0 Å². The first-order chi connectivity index (χ1) is 5.24. The average Bonchev–Trinajstić information content (AvgIpc) is 2.05. The van der Waals surface area contributed by atoms with Crippen LogP contribution >= 0.6 is 11.6 Å². The quantitative estimate of drug-likeness (QED) is 0.677. The summed E-state index contributed by atoms with van der Waals surface area (Å²) in [6.45, 7) is 0. The smallest absolute Gasteiger partial charge is 0.128 e. The first-order valence-electron chi connectivity index (χ1n) is 3.12. The van der Waals surface area contributed by atoms with Crippen LogP contribution in [0.4, 0.5) is 0 Å². The topological polar surface area (TPSA) is 33.1 Å². The standard InChI is InChI=1S/C8H8ClNO/c1-11-7-4-2-3-6(5-7)8(9)10/h2-5,10H,1H3. The molecule has 0 aliphatic carbocycles. The number of nitrogens with one attached hydrogen (secondary N) is 1. The van der Waals surface area contributed by atoms with Crippen LogP contribution in [0.2, 0.25) is 0 Å². The van der Waals surface area contributed by atoms with Gasteiger partial charge in [-0.05, 0) is 12.1 Å². The molecule has 1 aromatic carbocycles. The van der Waals surface area contributed by atoms with E-state index in [0.29, 0.717) is 11.3 Å². The SMILES string of the molecule is COc1cccc(C(=N)Cl)c1. The van der Waals surface area contributed by atoms with E-state index >= 15 is 0 Å². The largest absolute Gasteiger partial charge is 0.497 e. The fraction of sp³-hybridized carbons (Fsp3) is 0.125. The lowest BCUT2D eigenvalue weighted by molar-refractivity contribution is 0.414. The van der Waals surface area contributed by atoms with Gasteiger partial charge in [0.15, 0.2) is 0 Å². The van der Waals surface area contributed by atoms with Crippen molar-refractivity contribution in [1.29, 1.82) is 5.41 Å². The molecule has 0 aromatic heterocycles. The van der Waals surface area contributed by atoms with Crippen LogP contribution in [0.25, 0.3) is 0 Å². The van der Waals surface area contributed by atoms with Crippen LogP contribution in [0, 0.1) is 5.41 Å². The van der Waals surface area contributed by atoms with E-state index in [0.717, 1.165) is 0 Å². The second-order valence-corrected chi connectivity index (χ2v) is 2.42. The van der Waals surface area contributed by atoms with E-state index < -0.39 is 0 Å². The lowest BCUT2D eigenvalue weighted by Crippen LogP contribution is -1.89. The van der Waals surface area contributed by atoms with E-state index in [-0.39, 0.29) is 5.17 Å². The molecule has 0 bridgehead atoms. The number of rotatable bonds is 2. The maximum atomic E-state index is 7.12. The molecule has 0 radical (unpaired) electrons. The fourth-order valence-electron chi connectivity index (χ4n) is 0.760. The van der Waals surface area contributed by atoms with Gasteiger partial charge in [-0.3, -0.25) is 5.41 Å². The predicted molar refractivity (Wildman–Crippen MR) is 45.7 cm³/mol. The third-order valence-electron chi connectivity index (χ3n) is 1.32. The Morgan fingerprint density at radius 2 is 2.27 bits per heavy atom. The molecule has 0 aliphatic rings. The van der Waals surface area contributed by atoms with Crippen molar-refractivity contribution >= 4 is 16.8 Å². The minimum atomic E-state index is 0.0314. The van der Waals surface area contributed by atoms with E-state index in [1.165, 1.54) is 0 Å². The van der Waals surface area contributed by atoms with Crippen LogP contribution in [0.15, 0.2) is 24.3 Å². The Hall–Kier alpha value is -1.02. The number of hydrogen-bond donors (Lipinski definition) is 1. The van der Waals surface area contributed by atoms with E-state index in [1.807, 2.05) is 6.07 Å². The molecule has 0 saturated heterocycles. The van der Waals surface area contributed by atoms with Gasteiger partial charge in [0.1, 0.15) is 10.9 Å². The summed E-state index contributed by atoms with van der Waals surface area (Å²) in [5, 5.41) is 7.15. The summed E-state index contributed by atoms with van der Waals surface area (Å²) < 4.78 is 4.95. The number of ether oxygens (including phenoxy) is 1. The zero-order valence-electron chi connectivity index (χ0n) is 6.10. The highest BCUT2D eigenvalue weighted by atomic mass is 35.5. The van der Waals surface area contributed by atoms with Crippen LogP contribution in [-0.4, -0.2) is 12.3 Å². The first-order valence-corrected chi connectivity index (χ1v) is 3.50. The predicted octanol–water partition coefficient (Wildman–Crippen LogP) is 2.26. The van der Waals surface area contributed by atoms with E-state index in [2.05, 4.69) is 0 Å².